The zero-order chi connectivity index (χ0) is 7.68. The predicted molar refractivity (Wildman–Crippen MR) is 42.7 cm³/mol. The van der Waals surface area contributed by atoms with Crippen LogP contribution in [0, 0.1) is 11.3 Å². The zero-order valence-electron chi connectivity index (χ0n) is 6.09. The van der Waals surface area contributed by atoms with E-state index < -0.39 is 0 Å². The predicted octanol–water partition coefficient (Wildman–Crippen LogP) is 1.87. The maximum absolute atomic E-state index is 8.72. The highest BCUT2D eigenvalue weighted by Gasteiger charge is 2.11. The van der Waals surface area contributed by atoms with Gasteiger partial charge in [-0.15, -0.1) is 0 Å². The summed E-state index contributed by atoms with van der Waals surface area (Å²) in [5.74, 6) is 0. The summed E-state index contributed by atoms with van der Waals surface area (Å²) >= 11 is 0. The van der Waals surface area contributed by atoms with Gasteiger partial charge in [-0.25, -0.2) is 0 Å². The first-order chi connectivity index (χ1) is 5.42. The van der Waals surface area contributed by atoms with Gasteiger partial charge in [0.2, 0.25) is 0 Å². The number of H-pyrrole nitrogens is 1. The topological polar surface area (TPSA) is 39.6 Å². The van der Waals surface area contributed by atoms with E-state index in [1.165, 1.54) is 5.69 Å². The summed E-state index contributed by atoms with van der Waals surface area (Å²) in [6.45, 7) is 0. The maximum atomic E-state index is 8.72. The number of hydrogen-bond acceptors (Lipinski definition) is 1. The molecule has 0 saturated heterocycles. The Morgan fingerprint density at radius 3 is 3.27 bits per heavy atom. The van der Waals surface area contributed by atoms with Crippen LogP contribution in [0.4, 0.5) is 0 Å². The van der Waals surface area contributed by atoms with E-state index >= 15 is 0 Å². The Bertz CT molecular complexity index is 339. The molecule has 1 aromatic heterocycles. The highest BCUT2D eigenvalue weighted by Crippen LogP contribution is 2.24. The highest BCUT2D eigenvalue weighted by molar-refractivity contribution is 5.79. The van der Waals surface area contributed by atoms with Crippen LogP contribution in [0.1, 0.15) is 17.7 Å². The molecule has 2 rings (SSSR count). The van der Waals surface area contributed by atoms with Gasteiger partial charge >= 0.3 is 0 Å². The second kappa shape index (κ2) is 2.28. The minimum atomic E-state index is 0.812. The Kier molecular flexibility index (Phi) is 1.29. The van der Waals surface area contributed by atoms with Gasteiger partial charge in [0.25, 0.3) is 0 Å². The first-order valence-corrected chi connectivity index (χ1v) is 3.68. The van der Waals surface area contributed by atoms with Gasteiger partial charge in [0.15, 0.2) is 0 Å². The Hall–Kier alpha value is -1.49. The van der Waals surface area contributed by atoms with Crippen molar-refractivity contribution in [2.24, 2.45) is 0 Å². The second-order valence-corrected chi connectivity index (χ2v) is 2.64. The van der Waals surface area contributed by atoms with Crippen molar-refractivity contribution in [3.8, 4) is 6.07 Å². The van der Waals surface area contributed by atoms with Crippen molar-refractivity contribution < 1.29 is 0 Å². The number of nitrogens with zero attached hydrogens (tertiary/aromatic N) is 1. The minimum absolute atomic E-state index is 0.812. The Morgan fingerprint density at radius 2 is 2.45 bits per heavy atom. The van der Waals surface area contributed by atoms with E-state index in [4.69, 9.17) is 5.26 Å². The summed E-state index contributed by atoms with van der Waals surface area (Å²) in [4.78, 5) is 3.13. The fraction of sp³-hybridized carbons (Fsp3) is 0.222. The molecule has 54 valence electrons. The van der Waals surface area contributed by atoms with Gasteiger partial charge in [0.05, 0.1) is 11.6 Å². The number of aryl methyl sites for hydroxylation is 1. The second-order valence-electron chi connectivity index (χ2n) is 2.64. The normalized spacial score (nSPS) is 15.0. The van der Waals surface area contributed by atoms with Crippen molar-refractivity contribution in [2.75, 3.05) is 0 Å². The van der Waals surface area contributed by atoms with E-state index in [1.807, 2.05) is 18.3 Å². The van der Waals surface area contributed by atoms with Crippen molar-refractivity contribution in [3.05, 3.63) is 29.6 Å². The van der Waals surface area contributed by atoms with Crippen molar-refractivity contribution in [1.29, 1.82) is 5.26 Å². The van der Waals surface area contributed by atoms with Crippen LogP contribution in [-0.2, 0) is 6.42 Å². The zero-order valence-corrected chi connectivity index (χ0v) is 6.09. The molecular weight excluding hydrogens is 136 g/mol. The van der Waals surface area contributed by atoms with Crippen LogP contribution in [0.2, 0.25) is 0 Å². The van der Waals surface area contributed by atoms with E-state index in [-0.39, 0.29) is 0 Å². The number of allylic oxidation sites excluding steroid dienone is 2. The molecule has 1 aliphatic rings. The average molecular weight is 144 g/mol. The van der Waals surface area contributed by atoms with Gasteiger partial charge in [-0.1, -0.05) is 6.08 Å². The van der Waals surface area contributed by atoms with Gasteiger partial charge in [-0.05, 0) is 18.9 Å². The minimum Gasteiger partial charge on any atom is -0.364 e. The Balaban J connectivity index is 2.55. The molecule has 2 nitrogen and oxygen atoms in total. The molecule has 0 aromatic carbocycles. The lowest BCUT2D eigenvalue weighted by Crippen LogP contribution is -1.95. The molecular formula is C9H8N2. The maximum Gasteiger partial charge on any atom is 0.0995 e. The van der Waals surface area contributed by atoms with E-state index in [0.717, 1.165) is 24.0 Å². The van der Waals surface area contributed by atoms with Gasteiger partial charge in [-0.3, -0.25) is 0 Å². The van der Waals surface area contributed by atoms with E-state index in [0.29, 0.717) is 0 Å². The first-order valence-electron chi connectivity index (χ1n) is 3.68. The van der Waals surface area contributed by atoms with Gasteiger partial charge in [0, 0.05) is 17.5 Å². The number of aromatic nitrogens is 1. The summed E-state index contributed by atoms with van der Waals surface area (Å²) in [6, 6.07) is 4.15. The SMILES string of the molecule is N#CC1=CCCc2[nH]ccc21. The van der Waals surface area contributed by atoms with Crippen molar-refractivity contribution >= 4 is 5.57 Å². The third-order valence-corrected chi connectivity index (χ3v) is 1.99. The molecule has 1 aliphatic carbocycles. The summed E-state index contributed by atoms with van der Waals surface area (Å²) in [7, 11) is 0. The van der Waals surface area contributed by atoms with Crippen LogP contribution in [0.15, 0.2) is 18.3 Å². The molecule has 0 radical (unpaired) electrons. The number of aromatic amines is 1. The molecule has 0 atom stereocenters. The molecule has 2 heteroatoms. The number of nitrogens with one attached hydrogen (secondary N) is 1. The molecule has 1 heterocycles. The number of fused-ring (bicyclic) bond motifs is 1. The molecule has 0 aliphatic heterocycles. The highest BCUT2D eigenvalue weighted by atomic mass is 14.7. The smallest absolute Gasteiger partial charge is 0.0995 e. The molecule has 0 saturated carbocycles. The molecule has 0 fully saturated rings. The van der Waals surface area contributed by atoms with Crippen LogP contribution in [-0.4, -0.2) is 4.98 Å². The largest absolute Gasteiger partial charge is 0.364 e. The summed E-state index contributed by atoms with van der Waals surface area (Å²) < 4.78 is 0. The van der Waals surface area contributed by atoms with E-state index in [1.54, 1.807) is 0 Å². The lowest BCUT2D eigenvalue weighted by molar-refractivity contribution is 0.941. The third kappa shape index (κ3) is 0.857. The van der Waals surface area contributed by atoms with Gasteiger partial charge in [-0.2, -0.15) is 5.26 Å². The Morgan fingerprint density at radius 1 is 1.55 bits per heavy atom. The standard InChI is InChI=1S/C9H8N2/c10-6-7-2-1-3-9-8(7)4-5-11-9/h2,4-5,11H,1,3H2. The van der Waals surface area contributed by atoms with Crippen LogP contribution >= 0.6 is 0 Å². The van der Waals surface area contributed by atoms with Crippen LogP contribution in [0.5, 0.6) is 0 Å². The monoisotopic (exact) mass is 144 g/mol. The number of hydrogen-bond donors (Lipinski definition) is 1. The van der Waals surface area contributed by atoms with E-state index in [9.17, 15) is 0 Å². The first kappa shape index (κ1) is 6.23. The van der Waals surface area contributed by atoms with Crippen molar-refractivity contribution in [2.45, 2.75) is 12.8 Å². The van der Waals surface area contributed by atoms with E-state index in [2.05, 4.69) is 11.1 Å². The quantitative estimate of drug-likeness (QED) is 0.593. The number of rotatable bonds is 0. The summed E-state index contributed by atoms with van der Waals surface area (Å²) in [6.07, 6.45) is 5.90. The van der Waals surface area contributed by atoms with Crippen LogP contribution < -0.4 is 0 Å². The summed E-state index contributed by atoms with van der Waals surface area (Å²) in [5.41, 5.74) is 3.09. The fourth-order valence-electron chi connectivity index (χ4n) is 1.44. The van der Waals surface area contributed by atoms with Crippen LogP contribution in [0.25, 0.3) is 5.57 Å². The molecule has 0 amide bonds. The number of nitriles is 1. The van der Waals surface area contributed by atoms with Crippen molar-refractivity contribution in [1.82, 2.24) is 4.98 Å². The molecule has 1 aromatic rings. The lowest BCUT2D eigenvalue weighted by atomic mass is 9.98. The third-order valence-electron chi connectivity index (χ3n) is 1.99. The summed E-state index contributed by atoms with van der Waals surface area (Å²) in [5, 5.41) is 8.72. The lowest BCUT2D eigenvalue weighted by Gasteiger charge is -2.06. The molecule has 11 heavy (non-hydrogen) atoms. The van der Waals surface area contributed by atoms with Crippen molar-refractivity contribution in [3.63, 3.8) is 0 Å². The average Bonchev–Trinajstić information content (AvgIpc) is 2.50. The van der Waals surface area contributed by atoms with Gasteiger partial charge < -0.3 is 4.98 Å². The fourth-order valence-corrected chi connectivity index (χ4v) is 1.44. The Labute approximate surface area is 65.2 Å². The van der Waals surface area contributed by atoms with Gasteiger partial charge in [0.1, 0.15) is 0 Å². The van der Waals surface area contributed by atoms with Crippen LogP contribution in [0.3, 0.4) is 0 Å². The molecule has 0 spiro atoms. The molecule has 1 N–H and O–H groups in total. The molecule has 0 unspecified atom stereocenters. The molecule has 0 bridgehead atoms.